The van der Waals surface area contributed by atoms with E-state index in [1.807, 2.05) is 0 Å². The molecule has 0 aromatic rings. The summed E-state index contributed by atoms with van der Waals surface area (Å²) in [4.78, 5) is 39.5. The average molecular weight is 403 g/mol. The van der Waals surface area contributed by atoms with Crippen molar-refractivity contribution in [1.82, 2.24) is 15.1 Å². The first-order chi connectivity index (χ1) is 13.0. The topological polar surface area (TPSA) is 79.0 Å². The van der Waals surface area contributed by atoms with Gasteiger partial charge in [-0.05, 0) is 39.5 Å². The number of hydrogen-bond donors (Lipinski definition) is 1. The fraction of sp³-hybridized carbons (Fsp3) is 0.842. The summed E-state index contributed by atoms with van der Waals surface area (Å²) in [7, 11) is 0. The van der Waals surface area contributed by atoms with Gasteiger partial charge in [0.15, 0.2) is 0 Å². The predicted octanol–water partition coefficient (Wildman–Crippen LogP) is 2.40. The average Bonchev–Trinajstić information content (AvgIpc) is 2.60. The number of halogens is 2. The summed E-state index contributed by atoms with van der Waals surface area (Å²) in [5.74, 6) is -3.15. The number of ether oxygens (including phenoxy) is 1. The maximum atomic E-state index is 13.2. The molecule has 0 spiro atoms. The molecule has 7 nitrogen and oxygen atoms in total. The van der Waals surface area contributed by atoms with Crippen molar-refractivity contribution in [3.05, 3.63) is 0 Å². The van der Waals surface area contributed by atoms with E-state index in [9.17, 15) is 23.2 Å². The van der Waals surface area contributed by atoms with Crippen molar-refractivity contribution < 1.29 is 27.9 Å². The number of nitrogens with one attached hydrogen (secondary N) is 1. The molecule has 2 fully saturated rings. The summed E-state index contributed by atoms with van der Waals surface area (Å²) in [5, 5.41) is 2.59. The van der Waals surface area contributed by atoms with Gasteiger partial charge in [-0.3, -0.25) is 9.59 Å². The third-order valence-corrected chi connectivity index (χ3v) is 5.03. The third kappa shape index (κ3) is 7.24. The van der Waals surface area contributed by atoms with E-state index in [-0.39, 0.29) is 43.5 Å². The molecular weight excluding hydrogens is 372 g/mol. The number of rotatable bonds is 4. The number of hydrogen-bond acceptors (Lipinski definition) is 4. The molecule has 3 amide bonds. The fourth-order valence-corrected chi connectivity index (χ4v) is 3.39. The van der Waals surface area contributed by atoms with Crippen LogP contribution in [0.25, 0.3) is 0 Å². The van der Waals surface area contributed by atoms with E-state index in [0.29, 0.717) is 39.0 Å². The van der Waals surface area contributed by atoms with Crippen LogP contribution in [0.15, 0.2) is 0 Å². The lowest BCUT2D eigenvalue weighted by Crippen LogP contribution is -2.53. The van der Waals surface area contributed by atoms with E-state index in [1.165, 1.54) is 0 Å². The molecular formula is C19H31F2N3O4. The molecule has 0 bridgehead atoms. The number of carbonyl (C=O) groups excluding carboxylic acids is 3. The Morgan fingerprint density at radius 3 is 2.11 bits per heavy atom. The summed E-state index contributed by atoms with van der Waals surface area (Å²) in [6.07, 6.45) is 0.0981. The van der Waals surface area contributed by atoms with Crippen LogP contribution in [0.2, 0.25) is 0 Å². The van der Waals surface area contributed by atoms with Crippen LogP contribution >= 0.6 is 0 Å². The number of piperazine rings is 1. The predicted molar refractivity (Wildman–Crippen MR) is 98.9 cm³/mol. The fourth-order valence-electron chi connectivity index (χ4n) is 3.39. The van der Waals surface area contributed by atoms with E-state index in [2.05, 4.69) is 5.32 Å². The molecule has 9 heteroatoms. The number of carbonyl (C=O) groups is 3. The second-order valence-electron chi connectivity index (χ2n) is 8.63. The molecule has 0 aromatic carbocycles. The SMILES string of the molecule is CC(C)(C)OC(=O)N1CCN(C(=O)CNC(=O)CC2CCC(F)(F)CC2)CC1. The molecule has 160 valence electrons. The zero-order valence-corrected chi connectivity index (χ0v) is 16.9. The molecule has 1 saturated carbocycles. The lowest BCUT2D eigenvalue weighted by molar-refractivity contribution is -0.134. The highest BCUT2D eigenvalue weighted by Gasteiger charge is 2.35. The van der Waals surface area contributed by atoms with Gasteiger partial charge in [0.2, 0.25) is 17.7 Å². The molecule has 1 N–H and O–H groups in total. The van der Waals surface area contributed by atoms with Gasteiger partial charge in [0.25, 0.3) is 0 Å². The molecule has 2 rings (SSSR count). The highest BCUT2D eigenvalue weighted by molar-refractivity contribution is 5.85. The zero-order chi connectivity index (χ0) is 20.9. The van der Waals surface area contributed by atoms with Crippen LogP contribution in [0, 0.1) is 5.92 Å². The van der Waals surface area contributed by atoms with Crippen molar-refractivity contribution in [3.63, 3.8) is 0 Å². The Morgan fingerprint density at radius 1 is 1.04 bits per heavy atom. The normalized spacial score (nSPS) is 20.6. The zero-order valence-electron chi connectivity index (χ0n) is 16.9. The maximum Gasteiger partial charge on any atom is 0.410 e. The van der Waals surface area contributed by atoms with Gasteiger partial charge in [-0.15, -0.1) is 0 Å². The summed E-state index contributed by atoms with van der Waals surface area (Å²) in [6.45, 7) is 6.80. The largest absolute Gasteiger partial charge is 0.444 e. The molecule has 2 aliphatic rings. The standard InChI is InChI=1S/C19H31F2N3O4/c1-18(2,3)28-17(27)24-10-8-23(9-11-24)16(26)13-22-15(25)12-14-4-6-19(20,21)7-5-14/h14H,4-13H2,1-3H3,(H,22,25). The lowest BCUT2D eigenvalue weighted by atomic mass is 9.84. The minimum Gasteiger partial charge on any atom is -0.444 e. The van der Waals surface area contributed by atoms with Gasteiger partial charge in [0, 0.05) is 45.4 Å². The minimum atomic E-state index is -2.61. The van der Waals surface area contributed by atoms with Crippen molar-refractivity contribution in [3.8, 4) is 0 Å². The van der Waals surface area contributed by atoms with E-state index in [1.54, 1.807) is 30.6 Å². The van der Waals surface area contributed by atoms with E-state index < -0.39 is 17.6 Å². The lowest BCUT2D eigenvalue weighted by Gasteiger charge is -2.35. The van der Waals surface area contributed by atoms with E-state index in [4.69, 9.17) is 4.74 Å². The van der Waals surface area contributed by atoms with Crippen LogP contribution in [-0.2, 0) is 14.3 Å². The molecule has 0 unspecified atom stereocenters. The van der Waals surface area contributed by atoms with Crippen LogP contribution < -0.4 is 5.32 Å². The Labute approximate surface area is 164 Å². The highest BCUT2D eigenvalue weighted by atomic mass is 19.3. The van der Waals surface area contributed by atoms with Gasteiger partial charge in [-0.2, -0.15) is 0 Å². The van der Waals surface area contributed by atoms with Crippen LogP contribution in [-0.4, -0.2) is 72.0 Å². The number of nitrogens with zero attached hydrogens (tertiary/aromatic N) is 2. The summed E-state index contributed by atoms with van der Waals surface area (Å²) in [5.41, 5.74) is -0.567. The molecule has 0 radical (unpaired) electrons. The molecule has 1 heterocycles. The Bertz CT molecular complexity index is 574. The van der Waals surface area contributed by atoms with Crippen molar-refractivity contribution in [1.29, 1.82) is 0 Å². The Balaban J connectivity index is 1.66. The van der Waals surface area contributed by atoms with Crippen molar-refractivity contribution in [2.75, 3.05) is 32.7 Å². The third-order valence-electron chi connectivity index (χ3n) is 5.03. The Hall–Kier alpha value is -1.93. The van der Waals surface area contributed by atoms with Gasteiger partial charge < -0.3 is 19.9 Å². The summed E-state index contributed by atoms with van der Waals surface area (Å²) < 4.78 is 31.6. The smallest absolute Gasteiger partial charge is 0.410 e. The second kappa shape index (κ2) is 9.05. The molecule has 28 heavy (non-hydrogen) atoms. The second-order valence-corrected chi connectivity index (χ2v) is 8.63. The summed E-state index contributed by atoms with van der Waals surface area (Å²) >= 11 is 0. The van der Waals surface area contributed by atoms with Crippen molar-refractivity contribution >= 4 is 17.9 Å². The number of alkyl halides is 2. The molecule has 1 aliphatic carbocycles. The monoisotopic (exact) mass is 403 g/mol. The van der Waals surface area contributed by atoms with Gasteiger partial charge in [0.1, 0.15) is 5.60 Å². The number of amides is 3. The van der Waals surface area contributed by atoms with Gasteiger partial charge in [0.05, 0.1) is 6.54 Å². The van der Waals surface area contributed by atoms with Crippen LogP contribution in [0.3, 0.4) is 0 Å². The van der Waals surface area contributed by atoms with Crippen molar-refractivity contribution in [2.45, 2.75) is 64.4 Å². The van der Waals surface area contributed by atoms with Crippen LogP contribution in [0.4, 0.5) is 13.6 Å². The van der Waals surface area contributed by atoms with E-state index in [0.717, 1.165) is 0 Å². The summed E-state index contributed by atoms with van der Waals surface area (Å²) in [6, 6.07) is 0. The molecule has 0 atom stereocenters. The van der Waals surface area contributed by atoms with Gasteiger partial charge in [-0.1, -0.05) is 0 Å². The first-order valence-corrected chi connectivity index (χ1v) is 9.85. The van der Waals surface area contributed by atoms with Crippen LogP contribution in [0.5, 0.6) is 0 Å². The Morgan fingerprint density at radius 2 is 1.57 bits per heavy atom. The molecule has 0 aromatic heterocycles. The molecule has 1 aliphatic heterocycles. The quantitative estimate of drug-likeness (QED) is 0.782. The van der Waals surface area contributed by atoms with Gasteiger partial charge >= 0.3 is 6.09 Å². The maximum absolute atomic E-state index is 13.2. The van der Waals surface area contributed by atoms with Gasteiger partial charge in [-0.25, -0.2) is 13.6 Å². The van der Waals surface area contributed by atoms with Crippen LogP contribution in [0.1, 0.15) is 52.9 Å². The van der Waals surface area contributed by atoms with Crippen molar-refractivity contribution in [2.24, 2.45) is 5.92 Å². The molecule has 1 saturated heterocycles. The van der Waals surface area contributed by atoms with E-state index >= 15 is 0 Å². The Kier molecular flexibility index (Phi) is 7.22. The highest BCUT2D eigenvalue weighted by Crippen LogP contribution is 2.37. The minimum absolute atomic E-state index is 0.0490. The first-order valence-electron chi connectivity index (χ1n) is 9.85. The first kappa shape index (κ1) is 22.4.